The first kappa shape index (κ1) is 19.7. The van der Waals surface area contributed by atoms with Gasteiger partial charge in [0.2, 0.25) is 0 Å². The summed E-state index contributed by atoms with van der Waals surface area (Å²) in [4.78, 5) is 0. The van der Waals surface area contributed by atoms with Crippen molar-refractivity contribution in [1.29, 1.82) is 5.26 Å². The molecule has 3 nitrogen and oxygen atoms in total. The molecule has 2 rings (SSSR count). The predicted molar refractivity (Wildman–Crippen MR) is 97.5 cm³/mol. The molecule has 138 valence electrons. The van der Waals surface area contributed by atoms with Crippen molar-refractivity contribution >= 4 is 0 Å². The first-order chi connectivity index (χ1) is 11.7. The highest BCUT2D eigenvalue weighted by atomic mass is 16.7. The maximum Gasteiger partial charge on any atom is 0.176 e. The van der Waals surface area contributed by atoms with Crippen molar-refractivity contribution in [3.63, 3.8) is 0 Å². The maximum absolute atomic E-state index is 9.79. The number of ether oxygens (including phenoxy) is 2. The van der Waals surface area contributed by atoms with Gasteiger partial charge in [0.05, 0.1) is 19.3 Å². The summed E-state index contributed by atoms with van der Waals surface area (Å²) in [6.07, 6.45) is 14.3. The van der Waals surface area contributed by atoms with E-state index in [-0.39, 0.29) is 6.29 Å². The number of nitrogens with zero attached hydrogens (tertiary/aromatic N) is 1. The Morgan fingerprint density at radius 1 is 0.875 bits per heavy atom. The number of unbranched alkanes of at least 4 members (excludes halogenated alkanes) is 4. The molecular formula is C21H37NO2. The van der Waals surface area contributed by atoms with Crippen molar-refractivity contribution in [2.45, 2.75) is 97.2 Å². The Hall–Kier alpha value is -0.590. The van der Waals surface area contributed by atoms with Gasteiger partial charge in [0.15, 0.2) is 6.29 Å². The molecule has 0 spiro atoms. The van der Waals surface area contributed by atoms with Gasteiger partial charge < -0.3 is 9.47 Å². The van der Waals surface area contributed by atoms with E-state index in [1.807, 2.05) is 0 Å². The molecule has 0 aromatic rings. The minimum Gasteiger partial charge on any atom is -0.351 e. The molecule has 0 unspecified atom stereocenters. The highest BCUT2D eigenvalue weighted by Gasteiger charge is 2.45. The molecule has 3 heteroatoms. The summed E-state index contributed by atoms with van der Waals surface area (Å²) in [5.74, 6) is 1.32. The Balaban J connectivity index is 1.71. The molecule has 1 aliphatic heterocycles. The van der Waals surface area contributed by atoms with E-state index in [1.165, 1.54) is 51.4 Å². The van der Waals surface area contributed by atoms with Crippen molar-refractivity contribution in [1.82, 2.24) is 0 Å². The fourth-order valence-electron chi connectivity index (χ4n) is 4.36. The highest BCUT2D eigenvalue weighted by molar-refractivity contribution is 5.04. The third-order valence-corrected chi connectivity index (χ3v) is 6.05. The molecule has 0 atom stereocenters. The van der Waals surface area contributed by atoms with E-state index in [1.54, 1.807) is 0 Å². The van der Waals surface area contributed by atoms with Crippen LogP contribution in [0.3, 0.4) is 0 Å². The van der Waals surface area contributed by atoms with E-state index in [2.05, 4.69) is 19.9 Å². The molecule has 1 saturated carbocycles. The minimum absolute atomic E-state index is 0.290. The van der Waals surface area contributed by atoms with E-state index in [4.69, 9.17) is 9.47 Å². The van der Waals surface area contributed by atoms with Crippen LogP contribution in [-0.4, -0.2) is 19.5 Å². The van der Waals surface area contributed by atoms with Gasteiger partial charge in [-0.3, -0.25) is 0 Å². The first-order valence-electron chi connectivity index (χ1n) is 10.4. The molecule has 0 radical (unpaired) electrons. The lowest BCUT2D eigenvalue weighted by Crippen LogP contribution is -2.45. The summed E-state index contributed by atoms with van der Waals surface area (Å²) < 4.78 is 12.1. The molecule has 0 aromatic carbocycles. The van der Waals surface area contributed by atoms with Crippen molar-refractivity contribution in [3.8, 4) is 6.07 Å². The van der Waals surface area contributed by atoms with Crippen molar-refractivity contribution in [2.75, 3.05) is 13.2 Å². The molecule has 2 aliphatic rings. The van der Waals surface area contributed by atoms with Crippen LogP contribution in [0.1, 0.15) is 90.9 Å². The zero-order valence-corrected chi connectivity index (χ0v) is 15.9. The Morgan fingerprint density at radius 3 is 2.12 bits per heavy atom. The maximum atomic E-state index is 9.79. The Bertz CT molecular complexity index is 374. The Labute approximate surface area is 149 Å². The summed E-state index contributed by atoms with van der Waals surface area (Å²) in [5, 5.41) is 9.79. The van der Waals surface area contributed by atoms with Gasteiger partial charge in [0.25, 0.3) is 0 Å². The van der Waals surface area contributed by atoms with Crippen LogP contribution in [0.4, 0.5) is 0 Å². The van der Waals surface area contributed by atoms with Gasteiger partial charge in [0.1, 0.15) is 5.41 Å². The molecule has 0 aromatic heterocycles. The number of hydrogen-bond acceptors (Lipinski definition) is 3. The molecule has 1 heterocycles. The third-order valence-electron chi connectivity index (χ3n) is 6.05. The van der Waals surface area contributed by atoms with Crippen molar-refractivity contribution in [2.24, 2.45) is 17.3 Å². The molecule has 1 aliphatic carbocycles. The van der Waals surface area contributed by atoms with Gasteiger partial charge in [0, 0.05) is 5.92 Å². The van der Waals surface area contributed by atoms with Gasteiger partial charge in [-0.25, -0.2) is 0 Å². The molecule has 0 N–H and O–H groups in total. The topological polar surface area (TPSA) is 42.2 Å². The standard InChI is InChI=1S/C21H37NO2/c1-3-5-6-7-8-10-19-15-23-20(24-16-19)21(17-22)13-11-18(9-4-2)12-14-21/h18-20H,3-16H2,1-2H3. The smallest absolute Gasteiger partial charge is 0.176 e. The van der Waals surface area contributed by atoms with Gasteiger partial charge >= 0.3 is 0 Å². The second-order valence-corrected chi connectivity index (χ2v) is 8.07. The average Bonchev–Trinajstić information content (AvgIpc) is 2.63. The van der Waals surface area contributed by atoms with Gasteiger partial charge in [-0.15, -0.1) is 0 Å². The third kappa shape index (κ3) is 5.46. The van der Waals surface area contributed by atoms with Crippen molar-refractivity contribution in [3.05, 3.63) is 0 Å². The first-order valence-corrected chi connectivity index (χ1v) is 10.4. The zero-order valence-electron chi connectivity index (χ0n) is 15.9. The zero-order chi connectivity index (χ0) is 17.3. The van der Waals surface area contributed by atoms with Gasteiger partial charge in [-0.1, -0.05) is 58.8 Å². The fourth-order valence-corrected chi connectivity index (χ4v) is 4.36. The van der Waals surface area contributed by atoms with Crippen LogP contribution in [-0.2, 0) is 9.47 Å². The van der Waals surface area contributed by atoms with Crippen LogP contribution in [0.25, 0.3) is 0 Å². The summed E-state index contributed by atoms with van der Waals surface area (Å²) in [7, 11) is 0. The van der Waals surface area contributed by atoms with Crippen LogP contribution >= 0.6 is 0 Å². The van der Waals surface area contributed by atoms with Crippen LogP contribution in [0, 0.1) is 28.6 Å². The van der Waals surface area contributed by atoms with E-state index in [0.717, 1.165) is 44.8 Å². The van der Waals surface area contributed by atoms with Crippen LogP contribution in [0.15, 0.2) is 0 Å². The second-order valence-electron chi connectivity index (χ2n) is 8.07. The SMILES string of the molecule is CCCCCCCC1COC(C2(C#N)CCC(CCC)CC2)OC1. The molecule has 0 bridgehead atoms. The number of nitriles is 1. The Morgan fingerprint density at radius 2 is 1.54 bits per heavy atom. The number of hydrogen-bond donors (Lipinski definition) is 0. The van der Waals surface area contributed by atoms with Crippen LogP contribution in [0.2, 0.25) is 0 Å². The second kappa shape index (κ2) is 10.4. The minimum atomic E-state index is -0.393. The molecule has 2 fully saturated rings. The van der Waals surface area contributed by atoms with E-state index in [0.29, 0.717) is 5.92 Å². The van der Waals surface area contributed by atoms with Gasteiger partial charge in [-0.05, 0) is 38.0 Å². The van der Waals surface area contributed by atoms with E-state index < -0.39 is 5.41 Å². The summed E-state index contributed by atoms with van der Waals surface area (Å²) in [6, 6.07) is 2.58. The lowest BCUT2D eigenvalue weighted by Gasteiger charge is -2.42. The molecule has 24 heavy (non-hydrogen) atoms. The average molecular weight is 336 g/mol. The fraction of sp³-hybridized carbons (Fsp3) is 0.952. The normalized spacial score (nSPS) is 34.0. The lowest BCUT2D eigenvalue weighted by molar-refractivity contribution is -0.247. The van der Waals surface area contributed by atoms with Crippen molar-refractivity contribution < 1.29 is 9.47 Å². The lowest BCUT2D eigenvalue weighted by atomic mass is 9.69. The van der Waals surface area contributed by atoms with Gasteiger partial charge in [-0.2, -0.15) is 5.26 Å². The van der Waals surface area contributed by atoms with Crippen LogP contribution < -0.4 is 0 Å². The Kier molecular flexibility index (Phi) is 8.56. The predicted octanol–water partition coefficient (Wildman–Crippen LogP) is 5.84. The largest absolute Gasteiger partial charge is 0.351 e. The quantitative estimate of drug-likeness (QED) is 0.497. The summed E-state index contributed by atoms with van der Waals surface area (Å²) >= 11 is 0. The highest BCUT2D eigenvalue weighted by Crippen LogP contribution is 2.45. The summed E-state index contributed by atoms with van der Waals surface area (Å²) in [5.41, 5.74) is -0.393. The van der Waals surface area contributed by atoms with E-state index in [9.17, 15) is 5.26 Å². The molecule has 0 amide bonds. The number of rotatable bonds is 9. The van der Waals surface area contributed by atoms with Crippen LogP contribution in [0.5, 0.6) is 0 Å². The monoisotopic (exact) mass is 335 g/mol. The molecule has 1 saturated heterocycles. The van der Waals surface area contributed by atoms with E-state index >= 15 is 0 Å². The molecular weight excluding hydrogens is 298 g/mol. The summed E-state index contributed by atoms with van der Waals surface area (Å²) in [6.45, 7) is 6.06.